The highest BCUT2D eigenvalue weighted by Crippen LogP contribution is 2.16. The maximum atomic E-state index is 5.48. The summed E-state index contributed by atoms with van der Waals surface area (Å²) in [4.78, 5) is 0. The van der Waals surface area contributed by atoms with Gasteiger partial charge in [0.25, 0.3) is 0 Å². The molecule has 0 amide bonds. The number of aromatic nitrogens is 2. The maximum absolute atomic E-state index is 5.48. The van der Waals surface area contributed by atoms with Gasteiger partial charge >= 0.3 is 0 Å². The van der Waals surface area contributed by atoms with Gasteiger partial charge in [-0.3, -0.25) is 11.3 Å². The Hall–Kier alpha value is -1.65. The quantitative estimate of drug-likeness (QED) is 0.605. The van der Waals surface area contributed by atoms with Gasteiger partial charge in [0.05, 0.1) is 11.9 Å². The van der Waals surface area contributed by atoms with Gasteiger partial charge in [0.1, 0.15) is 0 Å². The van der Waals surface area contributed by atoms with Crippen LogP contribution in [-0.2, 0) is 0 Å². The predicted octanol–water partition coefficient (Wildman–Crippen LogP) is 1.79. The Morgan fingerprint density at radius 2 is 2.12 bits per heavy atom. The van der Waals surface area contributed by atoms with Crippen molar-refractivity contribution in [2.24, 2.45) is 5.84 Å². The lowest BCUT2D eigenvalue weighted by Gasteiger charge is -2.10. The fourth-order valence-electron chi connectivity index (χ4n) is 1.69. The van der Waals surface area contributed by atoms with Gasteiger partial charge < -0.3 is 0 Å². The zero-order valence-corrected chi connectivity index (χ0v) is 9.30. The van der Waals surface area contributed by atoms with Gasteiger partial charge in [-0.25, -0.2) is 4.68 Å². The van der Waals surface area contributed by atoms with Crippen LogP contribution < -0.4 is 11.3 Å². The lowest BCUT2D eigenvalue weighted by atomic mass is 10.1. The molecule has 0 fully saturated rings. The largest absolute Gasteiger partial charge is 0.271 e. The van der Waals surface area contributed by atoms with E-state index in [1.54, 1.807) is 0 Å². The summed E-state index contributed by atoms with van der Waals surface area (Å²) in [7, 11) is 0. The first-order chi connectivity index (χ1) is 7.85. The molecular weight excluding hydrogens is 200 g/mol. The minimum absolute atomic E-state index is 0.164. The van der Waals surface area contributed by atoms with Crippen molar-refractivity contribution in [3.63, 3.8) is 0 Å². The Labute approximate surface area is 95.1 Å². The number of hydrogen-bond donors (Lipinski definition) is 2. The van der Waals surface area contributed by atoms with E-state index in [1.807, 2.05) is 47.4 Å². The molecule has 1 heterocycles. The van der Waals surface area contributed by atoms with E-state index in [-0.39, 0.29) is 6.04 Å². The highest BCUT2D eigenvalue weighted by molar-refractivity contribution is 5.31. The molecule has 0 bridgehead atoms. The maximum Gasteiger partial charge on any atom is 0.0645 e. The molecule has 2 aromatic rings. The summed E-state index contributed by atoms with van der Waals surface area (Å²) in [6.45, 7) is 2.09. The Morgan fingerprint density at radius 1 is 1.38 bits per heavy atom. The molecule has 0 radical (unpaired) electrons. The molecule has 4 nitrogen and oxygen atoms in total. The average molecular weight is 216 g/mol. The highest BCUT2D eigenvalue weighted by Gasteiger charge is 2.09. The Kier molecular flexibility index (Phi) is 3.34. The molecule has 84 valence electrons. The van der Waals surface area contributed by atoms with Crippen molar-refractivity contribution in [3.8, 4) is 5.69 Å². The second-order valence-corrected chi connectivity index (χ2v) is 3.68. The molecule has 0 saturated carbocycles. The van der Waals surface area contributed by atoms with Crippen LogP contribution in [0, 0.1) is 0 Å². The second kappa shape index (κ2) is 4.92. The number of rotatable bonds is 4. The number of nitrogens with two attached hydrogens (primary N) is 1. The topological polar surface area (TPSA) is 55.9 Å². The van der Waals surface area contributed by atoms with Crippen LogP contribution in [0.25, 0.3) is 5.69 Å². The molecule has 1 atom stereocenters. The van der Waals surface area contributed by atoms with Crippen LogP contribution in [0.2, 0.25) is 0 Å². The van der Waals surface area contributed by atoms with Crippen molar-refractivity contribution in [3.05, 3.63) is 48.3 Å². The van der Waals surface area contributed by atoms with Crippen molar-refractivity contribution < 1.29 is 0 Å². The monoisotopic (exact) mass is 216 g/mol. The van der Waals surface area contributed by atoms with Crippen molar-refractivity contribution in [1.29, 1.82) is 0 Å². The summed E-state index contributed by atoms with van der Waals surface area (Å²) in [5.74, 6) is 5.48. The standard InChI is InChI=1S/C12H16N4/c1-2-12(15-13)10-8-14-16(9-10)11-6-4-3-5-7-11/h3-9,12,15H,2,13H2,1H3. The normalized spacial score (nSPS) is 12.6. The van der Waals surface area contributed by atoms with Crippen LogP contribution in [0.3, 0.4) is 0 Å². The van der Waals surface area contributed by atoms with E-state index in [0.29, 0.717) is 0 Å². The van der Waals surface area contributed by atoms with Crippen molar-refractivity contribution >= 4 is 0 Å². The molecule has 0 saturated heterocycles. The van der Waals surface area contributed by atoms with Crippen LogP contribution in [0.15, 0.2) is 42.7 Å². The van der Waals surface area contributed by atoms with Crippen LogP contribution in [0.5, 0.6) is 0 Å². The second-order valence-electron chi connectivity index (χ2n) is 3.68. The van der Waals surface area contributed by atoms with Gasteiger partial charge in [-0.05, 0) is 18.6 Å². The van der Waals surface area contributed by atoms with Crippen LogP contribution in [0.1, 0.15) is 24.9 Å². The summed E-state index contributed by atoms with van der Waals surface area (Å²) < 4.78 is 1.86. The Bertz CT molecular complexity index is 431. The predicted molar refractivity (Wildman–Crippen MR) is 63.9 cm³/mol. The number of hydrazine groups is 1. The van der Waals surface area contributed by atoms with E-state index >= 15 is 0 Å². The third-order valence-electron chi connectivity index (χ3n) is 2.64. The van der Waals surface area contributed by atoms with E-state index < -0.39 is 0 Å². The number of nitrogens with one attached hydrogen (secondary N) is 1. The SMILES string of the molecule is CCC(NN)c1cnn(-c2ccccc2)c1. The van der Waals surface area contributed by atoms with Gasteiger partial charge in [-0.1, -0.05) is 25.1 Å². The molecule has 2 rings (SSSR count). The Morgan fingerprint density at radius 3 is 2.75 bits per heavy atom. The molecule has 1 aromatic carbocycles. The van der Waals surface area contributed by atoms with Crippen LogP contribution in [-0.4, -0.2) is 9.78 Å². The number of benzene rings is 1. The molecule has 0 aliphatic carbocycles. The molecule has 3 N–H and O–H groups in total. The van der Waals surface area contributed by atoms with E-state index in [4.69, 9.17) is 5.84 Å². The smallest absolute Gasteiger partial charge is 0.0645 e. The van der Waals surface area contributed by atoms with Gasteiger partial charge in [0.2, 0.25) is 0 Å². The van der Waals surface area contributed by atoms with Crippen molar-refractivity contribution in [2.45, 2.75) is 19.4 Å². The fraction of sp³-hybridized carbons (Fsp3) is 0.250. The van der Waals surface area contributed by atoms with Gasteiger partial charge in [-0.2, -0.15) is 5.10 Å². The number of para-hydroxylation sites is 1. The van der Waals surface area contributed by atoms with Gasteiger partial charge in [-0.15, -0.1) is 0 Å². The fourth-order valence-corrected chi connectivity index (χ4v) is 1.69. The first kappa shape index (κ1) is 10.9. The lowest BCUT2D eigenvalue weighted by Crippen LogP contribution is -2.27. The zero-order chi connectivity index (χ0) is 11.4. The molecule has 0 aliphatic heterocycles. The molecule has 0 aliphatic rings. The number of hydrogen-bond acceptors (Lipinski definition) is 3. The molecule has 0 spiro atoms. The summed E-state index contributed by atoms with van der Waals surface area (Å²) in [6, 6.07) is 10.2. The van der Waals surface area contributed by atoms with E-state index in [2.05, 4.69) is 17.4 Å². The first-order valence-corrected chi connectivity index (χ1v) is 5.41. The molecular formula is C12H16N4. The van der Waals surface area contributed by atoms with Crippen molar-refractivity contribution in [2.75, 3.05) is 0 Å². The minimum atomic E-state index is 0.164. The number of nitrogens with zero attached hydrogens (tertiary/aromatic N) is 2. The molecule has 1 aromatic heterocycles. The first-order valence-electron chi connectivity index (χ1n) is 5.41. The van der Waals surface area contributed by atoms with Crippen LogP contribution >= 0.6 is 0 Å². The summed E-state index contributed by atoms with van der Waals surface area (Å²) >= 11 is 0. The van der Waals surface area contributed by atoms with Gasteiger partial charge in [0, 0.05) is 17.8 Å². The third-order valence-corrected chi connectivity index (χ3v) is 2.64. The van der Waals surface area contributed by atoms with Gasteiger partial charge in [0.15, 0.2) is 0 Å². The molecule has 16 heavy (non-hydrogen) atoms. The summed E-state index contributed by atoms with van der Waals surface area (Å²) in [6.07, 6.45) is 4.79. The molecule has 4 heteroatoms. The highest BCUT2D eigenvalue weighted by atomic mass is 15.3. The summed E-state index contributed by atoms with van der Waals surface area (Å²) in [5.41, 5.74) is 4.94. The van der Waals surface area contributed by atoms with Crippen LogP contribution in [0.4, 0.5) is 0 Å². The van der Waals surface area contributed by atoms with E-state index in [9.17, 15) is 0 Å². The van der Waals surface area contributed by atoms with E-state index in [0.717, 1.165) is 17.7 Å². The average Bonchev–Trinajstić information content (AvgIpc) is 2.81. The third kappa shape index (κ3) is 2.13. The van der Waals surface area contributed by atoms with Crippen molar-refractivity contribution in [1.82, 2.24) is 15.2 Å². The Balaban J connectivity index is 2.26. The summed E-state index contributed by atoms with van der Waals surface area (Å²) in [5, 5.41) is 4.32. The molecule has 1 unspecified atom stereocenters. The lowest BCUT2D eigenvalue weighted by molar-refractivity contribution is 0.539. The zero-order valence-electron chi connectivity index (χ0n) is 9.30. The minimum Gasteiger partial charge on any atom is -0.271 e. The van der Waals surface area contributed by atoms with E-state index in [1.165, 1.54) is 0 Å².